The summed E-state index contributed by atoms with van der Waals surface area (Å²) < 4.78 is 5.97. The van der Waals surface area contributed by atoms with Crippen LogP contribution in [0.5, 0.6) is 5.75 Å². The number of likely N-dealkylation sites (N-methyl/N-ethyl adjacent to an activating group) is 1. The Bertz CT molecular complexity index is 734. The SMILES string of the molecule is COc1ccccc1CN(C)C(=O)CNC(=O)c1ccccc1Br. The summed E-state index contributed by atoms with van der Waals surface area (Å²) in [6.45, 7) is 0.347. The van der Waals surface area contributed by atoms with Crippen molar-refractivity contribution < 1.29 is 14.3 Å². The number of ether oxygens (including phenoxy) is 1. The highest BCUT2D eigenvalue weighted by Gasteiger charge is 2.14. The van der Waals surface area contributed by atoms with Crippen LogP contribution in [0.4, 0.5) is 0 Å². The number of methoxy groups -OCH3 is 1. The highest BCUT2D eigenvalue weighted by molar-refractivity contribution is 9.10. The van der Waals surface area contributed by atoms with Crippen LogP contribution in [-0.2, 0) is 11.3 Å². The topological polar surface area (TPSA) is 58.6 Å². The van der Waals surface area contributed by atoms with Crippen LogP contribution < -0.4 is 10.1 Å². The van der Waals surface area contributed by atoms with Gasteiger partial charge in [0.2, 0.25) is 5.91 Å². The van der Waals surface area contributed by atoms with Gasteiger partial charge in [0.15, 0.2) is 0 Å². The molecule has 2 aromatic rings. The average Bonchev–Trinajstić information content (AvgIpc) is 2.60. The molecule has 126 valence electrons. The van der Waals surface area contributed by atoms with Crippen LogP contribution in [0.1, 0.15) is 15.9 Å². The minimum atomic E-state index is -0.290. The second kappa shape index (κ2) is 8.49. The number of nitrogens with one attached hydrogen (secondary N) is 1. The molecule has 0 atom stereocenters. The van der Waals surface area contributed by atoms with Gasteiger partial charge in [-0.25, -0.2) is 0 Å². The molecule has 0 aliphatic heterocycles. The number of nitrogens with zero attached hydrogens (tertiary/aromatic N) is 1. The van der Waals surface area contributed by atoms with Gasteiger partial charge in [-0.15, -0.1) is 0 Å². The highest BCUT2D eigenvalue weighted by Crippen LogP contribution is 2.19. The summed E-state index contributed by atoms with van der Waals surface area (Å²) >= 11 is 3.32. The van der Waals surface area contributed by atoms with Crippen LogP contribution >= 0.6 is 15.9 Å². The lowest BCUT2D eigenvalue weighted by molar-refractivity contribution is -0.129. The lowest BCUT2D eigenvalue weighted by Crippen LogP contribution is -2.38. The molecule has 1 N–H and O–H groups in total. The lowest BCUT2D eigenvalue weighted by Gasteiger charge is -2.19. The average molecular weight is 391 g/mol. The van der Waals surface area contributed by atoms with Gasteiger partial charge in [-0.1, -0.05) is 30.3 Å². The van der Waals surface area contributed by atoms with E-state index in [4.69, 9.17) is 4.74 Å². The van der Waals surface area contributed by atoms with Gasteiger partial charge < -0.3 is 15.0 Å². The molecule has 6 heteroatoms. The van der Waals surface area contributed by atoms with E-state index in [2.05, 4.69) is 21.2 Å². The molecule has 24 heavy (non-hydrogen) atoms. The first-order chi connectivity index (χ1) is 11.5. The summed E-state index contributed by atoms with van der Waals surface area (Å²) in [5, 5.41) is 2.64. The van der Waals surface area contributed by atoms with Gasteiger partial charge >= 0.3 is 0 Å². The van der Waals surface area contributed by atoms with Gasteiger partial charge in [0.1, 0.15) is 5.75 Å². The molecular weight excluding hydrogens is 372 g/mol. The molecule has 0 spiro atoms. The Morgan fingerprint density at radius 3 is 2.50 bits per heavy atom. The summed E-state index contributed by atoms with van der Waals surface area (Å²) in [6, 6.07) is 14.6. The fourth-order valence-corrected chi connectivity index (χ4v) is 2.67. The molecule has 0 fully saturated rings. The van der Waals surface area contributed by atoms with E-state index in [1.54, 1.807) is 37.3 Å². The Balaban J connectivity index is 1.92. The monoisotopic (exact) mass is 390 g/mol. The fourth-order valence-electron chi connectivity index (χ4n) is 2.21. The van der Waals surface area contributed by atoms with Gasteiger partial charge in [-0.2, -0.15) is 0 Å². The minimum absolute atomic E-state index is 0.0637. The Kier molecular flexibility index (Phi) is 6.37. The maximum atomic E-state index is 12.2. The second-order valence-electron chi connectivity index (χ2n) is 5.22. The maximum absolute atomic E-state index is 12.2. The van der Waals surface area contributed by atoms with Crippen LogP contribution in [0.25, 0.3) is 0 Å². The van der Waals surface area contributed by atoms with Crippen molar-refractivity contribution in [2.45, 2.75) is 6.54 Å². The summed E-state index contributed by atoms with van der Waals surface area (Å²) in [6.07, 6.45) is 0. The number of halogens is 1. The predicted octanol–water partition coefficient (Wildman–Crippen LogP) is 2.85. The zero-order valence-corrected chi connectivity index (χ0v) is 15.2. The van der Waals surface area contributed by atoms with Crippen molar-refractivity contribution in [3.8, 4) is 5.75 Å². The van der Waals surface area contributed by atoms with Crippen LogP contribution in [0.3, 0.4) is 0 Å². The highest BCUT2D eigenvalue weighted by atomic mass is 79.9. The second-order valence-corrected chi connectivity index (χ2v) is 6.08. The first-order valence-electron chi connectivity index (χ1n) is 7.41. The van der Waals surface area contributed by atoms with Crippen LogP contribution in [0.15, 0.2) is 53.0 Å². The maximum Gasteiger partial charge on any atom is 0.252 e. The van der Waals surface area contributed by atoms with E-state index in [0.29, 0.717) is 16.6 Å². The number of carbonyl (C=O) groups is 2. The third-order valence-electron chi connectivity index (χ3n) is 3.54. The Morgan fingerprint density at radius 2 is 1.79 bits per heavy atom. The predicted molar refractivity (Wildman–Crippen MR) is 95.9 cm³/mol. The molecule has 0 saturated heterocycles. The third kappa shape index (κ3) is 4.58. The summed E-state index contributed by atoms with van der Waals surface area (Å²) in [5.74, 6) is 0.261. The molecule has 2 rings (SSSR count). The van der Waals surface area contributed by atoms with E-state index in [1.165, 1.54) is 0 Å². The lowest BCUT2D eigenvalue weighted by atomic mass is 10.2. The normalized spacial score (nSPS) is 10.1. The fraction of sp³-hybridized carbons (Fsp3) is 0.222. The molecule has 0 aliphatic rings. The van der Waals surface area contributed by atoms with E-state index in [-0.39, 0.29) is 18.4 Å². The number of benzene rings is 2. The Morgan fingerprint density at radius 1 is 1.12 bits per heavy atom. The van der Waals surface area contributed by atoms with Gasteiger partial charge in [-0.05, 0) is 34.1 Å². The third-order valence-corrected chi connectivity index (χ3v) is 4.24. The first-order valence-corrected chi connectivity index (χ1v) is 8.21. The van der Waals surface area contributed by atoms with E-state index >= 15 is 0 Å². The van der Waals surface area contributed by atoms with Crippen molar-refractivity contribution in [1.29, 1.82) is 0 Å². The first kappa shape index (κ1) is 18.0. The van der Waals surface area contributed by atoms with Crippen LogP contribution in [-0.4, -0.2) is 37.4 Å². The molecule has 0 heterocycles. The Labute approximate surface area is 149 Å². The molecule has 0 radical (unpaired) electrons. The minimum Gasteiger partial charge on any atom is -0.496 e. The van der Waals surface area contributed by atoms with Crippen molar-refractivity contribution in [2.24, 2.45) is 0 Å². The molecule has 2 aromatic carbocycles. The van der Waals surface area contributed by atoms with Crippen LogP contribution in [0.2, 0.25) is 0 Å². The zero-order chi connectivity index (χ0) is 17.5. The molecule has 0 unspecified atom stereocenters. The molecule has 0 saturated carbocycles. The van der Waals surface area contributed by atoms with Crippen molar-refractivity contribution in [3.63, 3.8) is 0 Å². The number of rotatable bonds is 6. The van der Waals surface area contributed by atoms with Crippen molar-refractivity contribution in [3.05, 3.63) is 64.1 Å². The molecular formula is C18H19BrN2O3. The van der Waals surface area contributed by atoms with Crippen molar-refractivity contribution in [2.75, 3.05) is 20.7 Å². The zero-order valence-electron chi connectivity index (χ0n) is 13.6. The van der Waals surface area contributed by atoms with Gasteiger partial charge in [-0.3, -0.25) is 9.59 Å². The van der Waals surface area contributed by atoms with E-state index in [1.807, 2.05) is 30.3 Å². The number of carbonyl (C=O) groups excluding carboxylic acids is 2. The van der Waals surface area contributed by atoms with E-state index in [9.17, 15) is 9.59 Å². The number of para-hydroxylation sites is 1. The van der Waals surface area contributed by atoms with Gasteiger partial charge in [0.25, 0.3) is 5.91 Å². The number of amides is 2. The summed E-state index contributed by atoms with van der Waals surface area (Å²) in [4.78, 5) is 25.9. The summed E-state index contributed by atoms with van der Waals surface area (Å²) in [5.41, 5.74) is 1.41. The van der Waals surface area contributed by atoms with Crippen LogP contribution in [0, 0.1) is 0 Å². The van der Waals surface area contributed by atoms with Crippen molar-refractivity contribution in [1.82, 2.24) is 10.2 Å². The Hall–Kier alpha value is -2.34. The van der Waals surface area contributed by atoms with E-state index in [0.717, 1.165) is 11.3 Å². The summed E-state index contributed by atoms with van der Waals surface area (Å²) in [7, 11) is 3.29. The largest absolute Gasteiger partial charge is 0.496 e. The smallest absolute Gasteiger partial charge is 0.252 e. The van der Waals surface area contributed by atoms with Gasteiger partial charge in [0.05, 0.1) is 19.2 Å². The number of hydrogen-bond acceptors (Lipinski definition) is 3. The molecule has 0 aromatic heterocycles. The molecule has 0 aliphatic carbocycles. The standard InChI is InChI=1S/C18H19BrN2O3/c1-21(12-13-7-3-6-10-16(13)24-2)17(22)11-20-18(23)14-8-4-5-9-15(14)19/h3-10H,11-12H2,1-2H3,(H,20,23). The number of hydrogen-bond donors (Lipinski definition) is 1. The molecule has 2 amide bonds. The molecule has 0 bridgehead atoms. The molecule has 5 nitrogen and oxygen atoms in total. The van der Waals surface area contributed by atoms with Gasteiger partial charge in [0, 0.05) is 23.6 Å². The van der Waals surface area contributed by atoms with E-state index < -0.39 is 0 Å². The van der Waals surface area contributed by atoms with Crippen molar-refractivity contribution >= 4 is 27.7 Å². The quantitative estimate of drug-likeness (QED) is 0.824.